The number of carbonyl (C=O) groups is 2. The number of hydrogen-bond acceptors (Lipinski definition) is 2. The first kappa shape index (κ1) is 12.5. The summed E-state index contributed by atoms with van der Waals surface area (Å²) in [4.78, 5) is 27.4. The van der Waals surface area contributed by atoms with Crippen LogP contribution in [-0.4, -0.2) is 35.2 Å². The second kappa shape index (κ2) is 5.49. The highest BCUT2D eigenvalue weighted by Crippen LogP contribution is 2.06. The standard InChI is InChI=1S/C12H18N2O2/c1-4-5-8-14(3)12(16)11-7-6-10(13-11)9(2)15/h6-7,13H,4-5,8H2,1-3H3. The Hall–Kier alpha value is -1.58. The number of amides is 1. The first-order valence-corrected chi connectivity index (χ1v) is 5.51. The van der Waals surface area contributed by atoms with E-state index in [0.29, 0.717) is 11.4 Å². The first-order valence-electron chi connectivity index (χ1n) is 5.51. The van der Waals surface area contributed by atoms with Crippen LogP contribution >= 0.6 is 0 Å². The number of nitrogens with one attached hydrogen (secondary N) is 1. The number of rotatable bonds is 5. The fraction of sp³-hybridized carbons (Fsp3) is 0.500. The lowest BCUT2D eigenvalue weighted by Gasteiger charge is -2.15. The summed E-state index contributed by atoms with van der Waals surface area (Å²) in [6.45, 7) is 4.30. The summed E-state index contributed by atoms with van der Waals surface area (Å²) in [6, 6.07) is 3.30. The van der Waals surface area contributed by atoms with Gasteiger partial charge in [-0.2, -0.15) is 0 Å². The average molecular weight is 222 g/mol. The average Bonchev–Trinajstić information content (AvgIpc) is 2.74. The van der Waals surface area contributed by atoms with Gasteiger partial charge < -0.3 is 9.88 Å². The van der Waals surface area contributed by atoms with Crippen molar-refractivity contribution in [3.8, 4) is 0 Å². The maximum absolute atomic E-state index is 11.9. The predicted molar refractivity (Wildman–Crippen MR) is 62.7 cm³/mol. The molecule has 0 aliphatic rings. The van der Waals surface area contributed by atoms with Crippen LogP contribution in [0, 0.1) is 0 Å². The number of hydrogen-bond donors (Lipinski definition) is 1. The molecule has 1 aromatic heterocycles. The van der Waals surface area contributed by atoms with E-state index in [1.807, 2.05) is 0 Å². The molecule has 1 aromatic rings. The molecule has 0 aliphatic carbocycles. The minimum Gasteiger partial charge on any atom is -0.348 e. The van der Waals surface area contributed by atoms with Crippen LogP contribution < -0.4 is 0 Å². The Kier molecular flexibility index (Phi) is 4.28. The Labute approximate surface area is 95.6 Å². The molecule has 1 N–H and O–H groups in total. The molecule has 0 aliphatic heterocycles. The lowest BCUT2D eigenvalue weighted by molar-refractivity contribution is 0.0788. The highest BCUT2D eigenvalue weighted by Gasteiger charge is 2.13. The summed E-state index contributed by atoms with van der Waals surface area (Å²) in [5, 5.41) is 0. The molecule has 16 heavy (non-hydrogen) atoms. The van der Waals surface area contributed by atoms with Crippen molar-refractivity contribution in [3.05, 3.63) is 23.5 Å². The van der Waals surface area contributed by atoms with Crippen LogP contribution in [-0.2, 0) is 0 Å². The zero-order valence-corrected chi connectivity index (χ0v) is 10.0. The van der Waals surface area contributed by atoms with E-state index < -0.39 is 0 Å². The van der Waals surface area contributed by atoms with Gasteiger partial charge in [-0.1, -0.05) is 13.3 Å². The Morgan fingerprint density at radius 3 is 2.44 bits per heavy atom. The molecule has 4 nitrogen and oxygen atoms in total. The molecule has 0 atom stereocenters. The number of nitrogens with zero attached hydrogens (tertiary/aromatic N) is 1. The van der Waals surface area contributed by atoms with Crippen molar-refractivity contribution in [1.29, 1.82) is 0 Å². The van der Waals surface area contributed by atoms with Crippen molar-refractivity contribution in [3.63, 3.8) is 0 Å². The maximum atomic E-state index is 11.9. The molecule has 0 radical (unpaired) electrons. The zero-order valence-electron chi connectivity index (χ0n) is 10.0. The van der Waals surface area contributed by atoms with Crippen molar-refractivity contribution in [2.45, 2.75) is 26.7 Å². The van der Waals surface area contributed by atoms with E-state index >= 15 is 0 Å². The van der Waals surface area contributed by atoms with Gasteiger partial charge in [-0.15, -0.1) is 0 Å². The highest BCUT2D eigenvalue weighted by atomic mass is 16.2. The van der Waals surface area contributed by atoms with Crippen LogP contribution in [0.25, 0.3) is 0 Å². The van der Waals surface area contributed by atoms with Gasteiger partial charge in [0.15, 0.2) is 5.78 Å². The Morgan fingerprint density at radius 2 is 1.94 bits per heavy atom. The monoisotopic (exact) mass is 222 g/mol. The highest BCUT2D eigenvalue weighted by molar-refractivity contribution is 5.97. The van der Waals surface area contributed by atoms with Gasteiger partial charge in [0.05, 0.1) is 5.69 Å². The fourth-order valence-corrected chi connectivity index (χ4v) is 1.43. The van der Waals surface area contributed by atoms with Gasteiger partial charge in [0.2, 0.25) is 0 Å². The summed E-state index contributed by atoms with van der Waals surface area (Å²) >= 11 is 0. The van der Waals surface area contributed by atoms with Crippen LogP contribution in [0.3, 0.4) is 0 Å². The van der Waals surface area contributed by atoms with Gasteiger partial charge in [-0.25, -0.2) is 0 Å². The summed E-state index contributed by atoms with van der Waals surface area (Å²) < 4.78 is 0. The number of unbranched alkanes of at least 4 members (excludes halogenated alkanes) is 1. The van der Waals surface area contributed by atoms with E-state index in [4.69, 9.17) is 0 Å². The SMILES string of the molecule is CCCCN(C)C(=O)c1ccc(C(C)=O)[nH]1. The third-order valence-corrected chi connectivity index (χ3v) is 2.49. The Morgan fingerprint density at radius 1 is 1.31 bits per heavy atom. The first-order chi connectivity index (χ1) is 7.56. The van der Waals surface area contributed by atoms with Crippen molar-refractivity contribution in [2.75, 3.05) is 13.6 Å². The second-order valence-electron chi connectivity index (χ2n) is 3.92. The normalized spacial score (nSPS) is 10.2. The number of aromatic amines is 1. The smallest absolute Gasteiger partial charge is 0.270 e. The van der Waals surface area contributed by atoms with E-state index in [1.165, 1.54) is 6.92 Å². The minimum absolute atomic E-state index is 0.0599. The van der Waals surface area contributed by atoms with Crippen molar-refractivity contribution >= 4 is 11.7 Å². The van der Waals surface area contributed by atoms with Crippen molar-refractivity contribution < 1.29 is 9.59 Å². The molecule has 88 valence electrons. The molecule has 0 fully saturated rings. The zero-order chi connectivity index (χ0) is 12.1. The molecule has 0 bridgehead atoms. The van der Waals surface area contributed by atoms with E-state index in [1.54, 1.807) is 24.1 Å². The summed E-state index contributed by atoms with van der Waals surface area (Å²) in [5.41, 5.74) is 0.955. The van der Waals surface area contributed by atoms with E-state index in [9.17, 15) is 9.59 Å². The van der Waals surface area contributed by atoms with Gasteiger partial charge in [0.25, 0.3) is 5.91 Å². The fourth-order valence-electron chi connectivity index (χ4n) is 1.43. The lowest BCUT2D eigenvalue weighted by Crippen LogP contribution is -2.28. The van der Waals surface area contributed by atoms with Crippen LogP contribution in [0.1, 0.15) is 47.7 Å². The summed E-state index contributed by atoms with van der Waals surface area (Å²) in [6.07, 6.45) is 2.05. The molecule has 0 saturated heterocycles. The molecule has 4 heteroatoms. The number of Topliss-reactive ketones (excluding diaryl/α,β-unsaturated/α-hetero) is 1. The van der Waals surface area contributed by atoms with Crippen molar-refractivity contribution in [1.82, 2.24) is 9.88 Å². The largest absolute Gasteiger partial charge is 0.348 e. The number of ketones is 1. The number of aromatic nitrogens is 1. The van der Waals surface area contributed by atoms with Gasteiger partial charge >= 0.3 is 0 Å². The van der Waals surface area contributed by atoms with Crippen LogP contribution in [0.2, 0.25) is 0 Å². The minimum atomic E-state index is -0.0686. The van der Waals surface area contributed by atoms with Gasteiger partial charge in [0.1, 0.15) is 5.69 Å². The Balaban J connectivity index is 2.68. The quantitative estimate of drug-likeness (QED) is 0.775. The number of carbonyl (C=O) groups excluding carboxylic acids is 2. The van der Waals surface area contributed by atoms with Crippen LogP contribution in [0.15, 0.2) is 12.1 Å². The molecule has 1 rings (SSSR count). The second-order valence-corrected chi connectivity index (χ2v) is 3.92. The van der Waals surface area contributed by atoms with Gasteiger partial charge in [-0.3, -0.25) is 9.59 Å². The van der Waals surface area contributed by atoms with E-state index in [0.717, 1.165) is 19.4 Å². The lowest BCUT2D eigenvalue weighted by atomic mass is 10.3. The molecule has 0 spiro atoms. The van der Waals surface area contributed by atoms with E-state index in [-0.39, 0.29) is 11.7 Å². The third-order valence-electron chi connectivity index (χ3n) is 2.49. The molecule has 0 saturated carbocycles. The van der Waals surface area contributed by atoms with Gasteiger partial charge in [0, 0.05) is 20.5 Å². The molecule has 0 unspecified atom stereocenters. The molecule has 1 heterocycles. The van der Waals surface area contributed by atoms with E-state index in [2.05, 4.69) is 11.9 Å². The Bertz CT molecular complexity index is 382. The van der Waals surface area contributed by atoms with Crippen LogP contribution in [0.5, 0.6) is 0 Å². The topological polar surface area (TPSA) is 53.2 Å². The predicted octanol–water partition coefficient (Wildman–Crippen LogP) is 2.09. The molecular formula is C12H18N2O2. The molecule has 0 aromatic carbocycles. The van der Waals surface area contributed by atoms with Gasteiger partial charge in [-0.05, 0) is 18.6 Å². The summed E-state index contributed by atoms with van der Waals surface area (Å²) in [5.74, 6) is -0.129. The third kappa shape index (κ3) is 2.95. The molecule has 1 amide bonds. The molecular weight excluding hydrogens is 204 g/mol. The van der Waals surface area contributed by atoms with Crippen molar-refractivity contribution in [2.24, 2.45) is 0 Å². The number of H-pyrrole nitrogens is 1. The summed E-state index contributed by atoms with van der Waals surface area (Å²) in [7, 11) is 1.77. The maximum Gasteiger partial charge on any atom is 0.270 e. The van der Waals surface area contributed by atoms with Crippen LogP contribution in [0.4, 0.5) is 0 Å².